The van der Waals surface area contributed by atoms with Crippen LogP contribution < -0.4 is 0 Å². The molecule has 172 valence electrons. The molecule has 0 heteroatoms. The maximum atomic E-state index is 2.48. The quantitative estimate of drug-likeness (QED) is 0.289. The number of hydrogen-bond donors (Lipinski definition) is 0. The second kappa shape index (κ2) is 8.24. The van der Waals surface area contributed by atoms with Crippen molar-refractivity contribution in [1.29, 1.82) is 0 Å². The van der Waals surface area contributed by atoms with Crippen LogP contribution in [-0.4, -0.2) is 0 Å². The van der Waals surface area contributed by atoms with Gasteiger partial charge in [-0.25, -0.2) is 0 Å². The van der Waals surface area contributed by atoms with Crippen LogP contribution in [0.3, 0.4) is 0 Å². The molecule has 0 aromatic heterocycles. The SMILES string of the molecule is CC1=Cc2ccc(-c3ccccc3)cc2C1C(C)(C)C1C(C)=Cc2ccc(-c3ccccc3)cc21. The predicted octanol–water partition coefficient (Wildman–Crippen LogP) is 9.75. The van der Waals surface area contributed by atoms with Gasteiger partial charge in [0, 0.05) is 11.8 Å². The second-order valence-corrected chi connectivity index (χ2v) is 10.9. The number of fused-ring (bicyclic) bond motifs is 2. The summed E-state index contributed by atoms with van der Waals surface area (Å²) in [7, 11) is 0. The fourth-order valence-corrected chi connectivity index (χ4v) is 6.82. The number of benzene rings is 4. The first-order valence-electron chi connectivity index (χ1n) is 12.7. The maximum Gasteiger partial charge on any atom is 0.0115 e. The third kappa shape index (κ3) is 3.60. The van der Waals surface area contributed by atoms with Gasteiger partial charge >= 0.3 is 0 Å². The highest BCUT2D eigenvalue weighted by Gasteiger charge is 2.45. The lowest BCUT2D eigenvalue weighted by Gasteiger charge is -2.41. The molecule has 6 rings (SSSR count). The fraction of sp³-hybridized carbons (Fsp3) is 0.200. The van der Waals surface area contributed by atoms with Crippen molar-refractivity contribution in [2.24, 2.45) is 5.41 Å². The highest BCUT2D eigenvalue weighted by molar-refractivity contribution is 5.76. The third-order valence-corrected chi connectivity index (χ3v) is 8.17. The van der Waals surface area contributed by atoms with E-state index in [1.807, 2.05) is 0 Å². The molecule has 35 heavy (non-hydrogen) atoms. The number of hydrogen-bond acceptors (Lipinski definition) is 0. The van der Waals surface area contributed by atoms with Gasteiger partial charge < -0.3 is 0 Å². The molecular formula is C35H32. The highest BCUT2D eigenvalue weighted by Crippen LogP contribution is 2.58. The van der Waals surface area contributed by atoms with Crippen molar-refractivity contribution in [3.63, 3.8) is 0 Å². The summed E-state index contributed by atoms with van der Waals surface area (Å²) in [5, 5.41) is 0. The fourth-order valence-electron chi connectivity index (χ4n) is 6.82. The maximum absolute atomic E-state index is 2.48. The number of allylic oxidation sites excluding steroid dienone is 2. The van der Waals surface area contributed by atoms with Crippen molar-refractivity contribution < 1.29 is 0 Å². The highest BCUT2D eigenvalue weighted by atomic mass is 14.5. The lowest BCUT2D eigenvalue weighted by molar-refractivity contribution is 0.275. The van der Waals surface area contributed by atoms with Crippen LogP contribution in [0.1, 0.15) is 61.8 Å². The van der Waals surface area contributed by atoms with Crippen molar-refractivity contribution in [3.8, 4) is 22.3 Å². The van der Waals surface area contributed by atoms with Gasteiger partial charge in [0.05, 0.1) is 0 Å². The molecule has 0 saturated heterocycles. The van der Waals surface area contributed by atoms with Gasteiger partial charge in [-0.05, 0) is 75.9 Å². The molecule has 4 aromatic rings. The molecule has 0 spiro atoms. The van der Waals surface area contributed by atoms with Crippen LogP contribution in [0, 0.1) is 5.41 Å². The molecule has 0 saturated carbocycles. The Labute approximate surface area is 209 Å². The molecule has 2 atom stereocenters. The minimum absolute atomic E-state index is 0.0300. The Morgan fingerprint density at radius 3 is 1.29 bits per heavy atom. The molecule has 0 aliphatic heterocycles. The molecule has 0 bridgehead atoms. The summed E-state index contributed by atoms with van der Waals surface area (Å²) in [6, 6.07) is 35.6. The van der Waals surface area contributed by atoms with Gasteiger partial charge in [-0.2, -0.15) is 0 Å². The van der Waals surface area contributed by atoms with E-state index in [4.69, 9.17) is 0 Å². The van der Waals surface area contributed by atoms with E-state index < -0.39 is 0 Å². The minimum Gasteiger partial charge on any atom is -0.0646 e. The Kier molecular flexibility index (Phi) is 5.15. The summed E-state index contributed by atoms with van der Waals surface area (Å²) >= 11 is 0. The van der Waals surface area contributed by atoms with E-state index in [2.05, 4.69) is 137 Å². The smallest absolute Gasteiger partial charge is 0.0115 e. The van der Waals surface area contributed by atoms with E-state index in [-0.39, 0.29) is 5.41 Å². The van der Waals surface area contributed by atoms with Crippen molar-refractivity contribution in [1.82, 2.24) is 0 Å². The van der Waals surface area contributed by atoms with Crippen LogP contribution in [0.4, 0.5) is 0 Å². The van der Waals surface area contributed by atoms with Crippen molar-refractivity contribution in [2.75, 3.05) is 0 Å². The average Bonchev–Trinajstić information content (AvgIpc) is 3.39. The summed E-state index contributed by atoms with van der Waals surface area (Å²) in [6.45, 7) is 9.60. The molecule has 2 unspecified atom stereocenters. The Morgan fingerprint density at radius 1 is 0.486 bits per heavy atom. The molecule has 0 nitrogen and oxygen atoms in total. The van der Waals surface area contributed by atoms with Gasteiger partial charge in [0.1, 0.15) is 0 Å². The normalized spacial score (nSPS) is 18.6. The van der Waals surface area contributed by atoms with E-state index in [0.29, 0.717) is 11.8 Å². The van der Waals surface area contributed by atoms with Gasteiger partial charge in [0.25, 0.3) is 0 Å². The second-order valence-electron chi connectivity index (χ2n) is 10.9. The first-order chi connectivity index (χ1) is 16.9. The first kappa shape index (κ1) is 21.9. The zero-order valence-corrected chi connectivity index (χ0v) is 21.0. The van der Waals surface area contributed by atoms with Crippen molar-refractivity contribution >= 4 is 12.2 Å². The van der Waals surface area contributed by atoms with Crippen LogP contribution in [0.15, 0.2) is 108 Å². The molecular weight excluding hydrogens is 420 g/mol. The monoisotopic (exact) mass is 452 g/mol. The molecule has 0 radical (unpaired) electrons. The molecule has 2 aliphatic carbocycles. The summed E-state index contributed by atoms with van der Waals surface area (Å²) in [5.74, 6) is 0.752. The van der Waals surface area contributed by atoms with Gasteiger partial charge in [-0.15, -0.1) is 0 Å². The van der Waals surface area contributed by atoms with E-state index in [9.17, 15) is 0 Å². The Balaban J connectivity index is 1.44. The van der Waals surface area contributed by atoms with Crippen LogP contribution in [0.2, 0.25) is 0 Å². The summed E-state index contributed by atoms with van der Waals surface area (Å²) in [5.41, 5.74) is 13.8. The lowest BCUT2D eigenvalue weighted by Crippen LogP contribution is -2.29. The molecule has 0 heterocycles. The van der Waals surface area contributed by atoms with E-state index in [0.717, 1.165) is 0 Å². The van der Waals surface area contributed by atoms with Crippen molar-refractivity contribution in [2.45, 2.75) is 39.5 Å². The molecule has 2 aliphatic rings. The van der Waals surface area contributed by atoms with Crippen molar-refractivity contribution in [3.05, 3.63) is 130 Å². The Hall–Kier alpha value is -3.64. The Bertz CT molecular complexity index is 1350. The number of rotatable bonds is 4. The van der Waals surface area contributed by atoms with Crippen LogP contribution in [0.5, 0.6) is 0 Å². The van der Waals surface area contributed by atoms with E-state index in [1.54, 1.807) is 0 Å². The third-order valence-electron chi connectivity index (χ3n) is 8.17. The molecule has 0 N–H and O–H groups in total. The zero-order chi connectivity index (χ0) is 24.2. The van der Waals surface area contributed by atoms with Crippen LogP contribution in [0.25, 0.3) is 34.4 Å². The molecule has 0 amide bonds. The summed E-state index contributed by atoms with van der Waals surface area (Å²) < 4.78 is 0. The van der Waals surface area contributed by atoms with Gasteiger partial charge in [-0.3, -0.25) is 0 Å². The summed E-state index contributed by atoms with van der Waals surface area (Å²) in [4.78, 5) is 0. The van der Waals surface area contributed by atoms with Crippen LogP contribution >= 0.6 is 0 Å². The predicted molar refractivity (Wildman–Crippen MR) is 150 cm³/mol. The topological polar surface area (TPSA) is 0 Å². The first-order valence-corrected chi connectivity index (χ1v) is 12.7. The minimum atomic E-state index is 0.0300. The lowest BCUT2D eigenvalue weighted by atomic mass is 9.62. The van der Waals surface area contributed by atoms with Crippen LogP contribution in [-0.2, 0) is 0 Å². The standard InChI is InChI=1S/C35H32/c1-23-19-29-17-15-27(25-11-7-5-8-12-25)21-31(29)33(23)35(3,4)34-24(2)20-30-18-16-28(22-32(30)34)26-13-9-6-10-14-26/h5-22,33-34H,1-4H3. The summed E-state index contributed by atoms with van der Waals surface area (Å²) in [6.07, 6.45) is 4.82. The molecule has 4 aromatic carbocycles. The molecule has 0 fully saturated rings. The van der Waals surface area contributed by atoms with E-state index >= 15 is 0 Å². The average molecular weight is 453 g/mol. The largest absolute Gasteiger partial charge is 0.0646 e. The van der Waals surface area contributed by atoms with Gasteiger partial charge in [0.15, 0.2) is 0 Å². The van der Waals surface area contributed by atoms with Gasteiger partial charge in [-0.1, -0.05) is 122 Å². The zero-order valence-electron chi connectivity index (χ0n) is 21.0. The van der Waals surface area contributed by atoms with Gasteiger partial charge in [0.2, 0.25) is 0 Å². The van der Waals surface area contributed by atoms with E-state index in [1.165, 1.54) is 55.7 Å². The Morgan fingerprint density at radius 2 is 0.886 bits per heavy atom.